The summed E-state index contributed by atoms with van der Waals surface area (Å²) in [6, 6.07) is 15.3. The summed E-state index contributed by atoms with van der Waals surface area (Å²) in [6.07, 6.45) is -0.156. The van der Waals surface area contributed by atoms with E-state index in [0.29, 0.717) is 17.9 Å². The van der Waals surface area contributed by atoms with Crippen molar-refractivity contribution in [1.82, 2.24) is 5.32 Å². The van der Waals surface area contributed by atoms with Gasteiger partial charge in [0.05, 0.1) is 6.04 Å². The van der Waals surface area contributed by atoms with Crippen LogP contribution in [0.15, 0.2) is 59.3 Å². The van der Waals surface area contributed by atoms with E-state index < -0.39 is 6.09 Å². The topological polar surface area (TPSA) is 58.6 Å². The summed E-state index contributed by atoms with van der Waals surface area (Å²) in [5, 5.41) is 16.7. The number of halogens is 1. The number of nitrogens with one attached hydrogen (secondary N) is 1. The van der Waals surface area contributed by atoms with E-state index in [1.165, 1.54) is 0 Å². The number of ether oxygens (including phenoxy) is 1. The number of amides is 1. The first-order valence-electron chi connectivity index (χ1n) is 8.65. The van der Waals surface area contributed by atoms with Crippen molar-refractivity contribution in [2.75, 3.05) is 0 Å². The van der Waals surface area contributed by atoms with Gasteiger partial charge in [0.2, 0.25) is 0 Å². The van der Waals surface area contributed by atoms with Gasteiger partial charge >= 0.3 is 6.09 Å². The van der Waals surface area contributed by atoms with Crippen LogP contribution in [0, 0.1) is 0 Å². The van der Waals surface area contributed by atoms with Crippen LogP contribution in [-0.4, -0.2) is 23.3 Å². The highest BCUT2D eigenvalue weighted by Crippen LogP contribution is 2.42. The van der Waals surface area contributed by atoms with E-state index in [4.69, 9.17) is 16.3 Å². The summed E-state index contributed by atoms with van der Waals surface area (Å²) in [5.74, 6) is 0.799. The number of hydrogen-bond acceptors (Lipinski definition) is 3. The van der Waals surface area contributed by atoms with Gasteiger partial charge in [-0.05, 0) is 46.5 Å². The largest absolute Gasteiger partial charge is 0.487 e. The van der Waals surface area contributed by atoms with E-state index in [1.807, 2.05) is 53.9 Å². The van der Waals surface area contributed by atoms with Crippen LogP contribution in [0.4, 0.5) is 4.79 Å². The van der Waals surface area contributed by atoms with Crippen molar-refractivity contribution in [2.24, 2.45) is 0 Å². The van der Waals surface area contributed by atoms with Gasteiger partial charge in [0, 0.05) is 22.6 Å². The maximum absolute atomic E-state index is 11.4. The van der Waals surface area contributed by atoms with Gasteiger partial charge in [0.15, 0.2) is 0 Å². The van der Waals surface area contributed by atoms with Crippen LogP contribution < -0.4 is 10.1 Å². The second-order valence-electron chi connectivity index (χ2n) is 6.56. The number of thiophene rings is 1. The molecule has 0 aliphatic carbocycles. The number of benzene rings is 2. The molecule has 1 aliphatic rings. The zero-order valence-corrected chi connectivity index (χ0v) is 16.0. The van der Waals surface area contributed by atoms with Crippen LogP contribution in [0.1, 0.15) is 11.1 Å². The lowest BCUT2D eigenvalue weighted by molar-refractivity contribution is 0.154. The molecule has 2 heterocycles. The highest BCUT2D eigenvalue weighted by molar-refractivity contribution is 7.08. The van der Waals surface area contributed by atoms with Gasteiger partial charge in [-0.2, -0.15) is 11.3 Å². The second-order valence-corrected chi connectivity index (χ2v) is 7.78. The van der Waals surface area contributed by atoms with Crippen LogP contribution in [0.25, 0.3) is 11.1 Å². The molecule has 2 N–H and O–H groups in total. The van der Waals surface area contributed by atoms with Gasteiger partial charge in [0.1, 0.15) is 11.9 Å². The van der Waals surface area contributed by atoms with Crippen molar-refractivity contribution >= 4 is 29.0 Å². The zero-order valence-electron chi connectivity index (χ0n) is 14.4. The van der Waals surface area contributed by atoms with Crippen molar-refractivity contribution < 1.29 is 14.6 Å². The summed E-state index contributed by atoms with van der Waals surface area (Å²) < 4.78 is 6.27. The van der Waals surface area contributed by atoms with Gasteiger partial charge < -0.3 is 15.2 Å². The number of rotatable bonds is 5. The number of fused-ring (bicyclic) bond motifs is 1. The summed E-state index contributed by atoms with van der Waals surface area (Å²) in [7, 11) is 0. The van der Waals surface area contributed by atoms with Crippen LogP contribution >= 0.6 is 22.9 Å². The average molecular weight is 400 g/mol. The number of carboxylic acid groups (broad SMARTS) is 1. The number of carbonyl (C=O) groups is 1. The molecular weight excluding hydrogens is 382 g/mol. The molecule has 27 heavy (non-hydrogen) atoms. The lowest BCUT2D eigenvalue weighted by Gasteiger charge is -2.23. The molecule has 2 atom stereocenters. The smallest absolute Gasteiger partial charge is 0.405 e. The third kappa shape index (κ3) is 3.94. The van der Waals surface area contributed by atoms with Crippen molar-refractivity contribution in [3.8, 4) is 16.9 Å². The van der Waals surface area contributed by atoms with Crippen molar-refractivity contribution in [1.29, 1.82) is 0 Å². The Morgan fingerprint density at radius 3 is 2.81 bits per heavy atom. The first-order valence-corrected chi connectivity index (χ1v) is 9.97. The molecule has 0 saturated heterocycles. The Kier molecular flexibility index (Phi) is 5.05. The fourth-order valence-corrected chi connectivity index (χ4v) is 4.41. The van der Waals surface area contributed by atoms with Crippen molar-refractivity contribution in [3.63, 3.8) is 0 Å². The minimum Gasteiger partial charge on any atom is -0.487 e. The fraction of sp³-hybridized carbons (Fsp3) is 0.190. The molecule has 0 saturated carbocycles. The minimum atomic E-state index is -1.05. The molecule has 138 valence electrons. The van der Waals surface area contributed by atoms with Gasteiger partial charge in [-0.25, -0.2) is 4.79 Å². The summed E-state index contributed by atoms with van der Waals surface area (Å²) in [4.78, 5) is 11.4. The molecule has 1 amide bonds. The lowest BCUT2D eigenvalue weighted by atomic mass is 9.97. The van der Waals surface area contributed by atoms with Crippen LogP contribution in [0.2, 0.25) is 5.02 Å². The average Bonchev–Trinajstić information content (AvgIpc) is 3.30. The normalized spacial score (nSPS) is 16.4. The summed E-state index contributed by atoms with van der Waals surface area (Å²) in [6.45, 7) is 0. The Morgan fingerprint density at radius 2 is 2.11 bits per heavy atom. The maximum Gasteiger partial charge on any atom is 0.405 e. The Morgan fingerprint density at radius 1 is 1.30 bits per heavy atom. The first-order chi connectivity index (χ1) is 13.1. The number of hydrogen-bond donors (Lipinski definition) is 2. The molecule has 0 spiro atoms. The molecular formula is C21H18ClNO3S. The van der Waals surface area contributed by atoms with Crippen molar-refractivity contribution in [2.45, 2.75) is 25.0 Å². The Bertz CT molecular complexity index is 944. The predicted octanol–water partition coefficient (Wildman–Crippen LogP) is 5.25. The van der Waals surface area contributed by atoms with E-state index in [9.17, 15) is 9.90 Å². The monoisotopic (exact) mass is 399 g/mol. The van der Waals surface area contributed by atoms with E-state index in [0.717, 1.165) is 28.0 Å². The fourth-order valence-electron chi connectivity index (χ4n) is 3.51. The zero-order chi connectivity index (χ0) is 18.8. The van der Waals surface area contributed by atoms with Gasteiger partial charge in [-0.15, -0.1) is 0 Å². The van der Waals surface area contributed by atoms with Crippen LogP contribution in [-0.2, 0) is 12.8 Å². The lowest BCUT2D eigenvalue weighted by Crippen LogP contribution is -2.46. The highest BCUT2D eigenvalue weighted by Gasteiger charge is 2.33. The molecule has 1 aliphatic heterocycles. The molecule has 0 radical (unpaired) electrons. The molecule has 4 rings (SSSR count). The second kappa shape index (κ2) is 7.62. The molecule has 2 aromatic carbocycles. The molecule has 0 fully saturated rings. The van der Waals surface area contributed by atoms with E-state index in [1.54, 1.807) is 11.3 Å². The van der Waals surface area contributed by atoms with E-state index in [-0.39, 0.29) is 12.1 Å². The first kappa shape index (κ1) is 17.9. The predicted molar refractivity (Wildman–Crippen MR) is 108 cm³/mol. The molecule has 0 bridgehead atoms. The summed E-state index contributed by atoms with van der Waals surface area (Å²) in [5.41, 5.74) is 4.09. The Balaban J connectivity index is 1.63. The third-order valence-corrected chi connectivity index (χ3v) is 5.61. The Labute approximate surface area is 166 Å². The van der Waals surface area contributed by atoms with E-state index in [2.05, 4.69) is 10.7 Å². The highest BCUT2D eigenvalue weighted by atomic mass is 35.5. The van der Waals surface area contributed by atoms with Gasteiger partial charge in [0.25, 0.3) is 0 Å². The standard InChI is InChI=1S/C21H18ClNO3S/c22-16-9-15-10-19(26-20(15)17(11-16)14-6-7-27-12-14)18(23-21(24)25)8-13-4-2-1-3-5-13/h1-7,9,11-12,18-19,23H,8,10H2,(H,24,25). The molecule has 4 nitrogen and oxygen atoms in total. The van der Waals surface area contributed by atoms with Crippen molar-refractivity contribution in [3.05, 3.63) is 75.4 Å². The third-order valence-electron chi connectivity index (χ3n) is 4.71. The molecule has 2 unspecified atom stereocenters. The van der Waals surface area contributed by atoms with Gasteiger partial charge in [-0.1, -0.05) is 41.9 Å². The Hall–Kier alpha value is -2.50. The van der Waals surface area contributed by atoms with Crippen LogP contribution in [0.3, 0.4) is 0 Å². The SMILES string of the molecule is O=C(O)NC(Cc1ccccc1)C1Cc2cc(Cl)cc(-c3ccsc3)c2O1. The molecule has 3 aromatic rings. The summed E-state index contributed by atoms with van der Waals surface area (Å²) >= 11 is 7.94. The van der Waals surface area contributed by atoms with E-state index >= 15 is 0 Å². The van der Waals surface area contributed by atoms with Gasteiger partial charge in [-0.3, -0.25) is 0 Å². The van der Waals surface area contributed by atoms with Crippen LogP contribution in [0.5, 0.6) is 5.75 Å². The maximum atomic E-state index is 11.4. The minimum absolute atomic E-state index is 0.285. The molecule has 1 aromatic heterocycles. The molecule has 6 heteroatoms. The quantitative estimate of drug-likeness (QED) is 0.616.